The number of nitrogens with zero attached hydrogens (tertiary/aromatic N) is 16. The van der Waals surface area contributed by atoms with Crippen LogP contribution in [0.25, 0.3) is 129 Å². The first-order valence-corrected chi connectivity index (χ1v) is 45.8. The molecule has 0 bridgehead atoms. The zero-order chi connectivity index (χ0) is 94.8. The summed E-state index contributed by atoms with van der Waals surface area (Å²) in [6, 6.07) is 76.8. The number of anilines is 2. The Balaban J connectivity index is 0.000000129. The maximum atomic E-state index is 12.0. The molecule has 135 heavy (non-hydrogen) atoms. The summed E-state index contributed by atoms with van der Waals surface area (Å²) in [6.45, 7) is 5.10. The van der Waals surface area contributed by atoms with Crippen LogP contribution in [0, 0.1) is 6.92 Å². The van der Waals surface area contributed by atoms with Crippen LogP contribution in [-0.2, 0) is 9.59 Å². The van der Waals surface area contributed by atoms with Crippen molar-refractivity contribution in [1.29, 1.82) is 0 Å². The van der Waals surface area contributed by atoms with Gasteiger partial charge in [0.05, 0.1) is 137 Å². The van der Waals surface area contributed by atoms with Gasteiger partial charge in [-0.1, -0.05) is 130 Å². The Bertz CT molecular complexity index is 7380. The smallest absolute Gasteiger partial charge is 0.258 e. The quantitative estimate of drug-likeness (QED) is 0.0371. The van der Waals surface area contributed by atoms with Gasteiger partial charge < -0.3 is 32.6 Å². The monoisotopic (exact) mass is 1980 g/mol. The van der Waals surface area contributed by atoms with Crippen molar-refractivity contribution in [2.45, 2.75) is 26.7 Å². The molecule has 674 valence electrons. The van der Waals surface area contributed by atoms with E-state index in [1.54, 1.807) is 150 Å². The lowest BCUT2D eigenvalue weighted by Crippen LogP contribution is -2.22. The second-order valence-corrected chi connectivity index (χ2v) is 34.6. The highest BCUT2D eigenvalue weighted by Gasteiger charge is 2.23. The Labute approximate surface area is 821 Å². The summed E-state index contributed by atoms with van der Waals surface area (Å²) in [5.74, 6) is -0.154. The van der Waals surface area contributed by atoms with Crippen molar-refractivity contribution in [2.24, 2.45) is 17.2 Å². The number of amides is 4. The molecule has 19 rings (SSSR count). The van der Waals surface area contributed by atoms with Crippen LogP contribution in [0.4, 0.5) is 11.6 Å². The number of primary amides is 3. The van der Waals surface area contributed by atoms with Crippen LogP contribution in [0.15, 0.2) is 315 Å². The Hall–Kier alpha value is -14.5. The van der Waals surface area contributed by atoms with Gasteiger partial charge in [0, 0.05) is 112 Å². The van der Waals surface area contributed by atoms with E-state index in [-0.39, 0.29) is 0 Å². The van der Waals surface area contributed by atoms with Crippen LogP contribution >= 0.6 is 115 Å². The summed E-state index contributed by atoms with van der Waals surface area (Å²) in [5.41, 5.74) is 36.1. The summed E-state index contributed by atoms with van der Waals surface area (Å²) in [4.78, 5) is 72.3. The van der Waals surface area contributed by atoms with Crippen molar-refractivity contribution in [1.82, 2.24) is 78.8 Å². The summed E-state index contributed by atoms with van der Waals surface area (Å²) in [6.07, 6.45) is 15.9. The van der Waals surface area contributed by atoms with Crippen LogP contribution in [0.5, 0.6) is 5.75 Å². The third kappa shape index (κ3) is 23.7. The van der Waals surface area contributed by atoms with E-state index >= 15 is 0 Å². The minimum absolute atomic E-state index is 0.344. The maximum Gasteiger partial charge on any atom is 0.258 e. The third-order valence-corrected chi connectivity index (χ3v) is 24.9. The van der Waals surface area contributed by atoms with Crippen molar-refractivity contribution in [2.75, 3.05) is 24.3 Å². The van der Waals surface area contributed by atoms with Crippen molar-refractivity contribution in [3.05, 3.63) is 372 Å². The third-order valence-electron chi connectivity index (χ3n) is 20.1. The van der Waals surface area contributed by atoms with Gasteiger partial charge in [0.1, 0.15) is 35.8 Å². The number of hydrogen-bond donors (Lipinski definition) is 5. The number of benzene rings is 7. The number of nitrogens with one attached hydrogen (secondary N) is 2. The molecule has 26 nitrogen and oxygen atoms in total. The van der Waals surface area contributed by atoms with Gasteiger partial charge in [-0.15, -0.1) is 11.3 Å². The van der Waals surface area contributed by atoms with E-state index in [4.69, 9.17) is 135 Å². The summed E-state index contributed by atoms with van der Waals surface area (Å²) in [5, 5.41) is 37.2. The summed E-state index contributed by atoms with van der Waals surface area (Å²) < 4.78 is 14.1. The van der Waals surface area contributed by atoms with E-state index in [2.05, 4.69) is 107 Å². The molecule has 12 heterocycles. The average Bonchev–Trinajstić information content (AvgIpc) is 1.66. The van der Waals surface area contributed by atoms with Crippen LogP contribution in [0.2, 0.25) is 40.2 Å². The Kier molecular flexibility index (Phi) is 31.2. The predicted molar refractivity (Wildman–Crippen MR) is 539 cm³/mol. The van der Waals surface area contributed by atoms with Gasteiger partial charge in [0.15, 0.2) is 0 Å². The van der Waals surface area contributed by atoms with E-state index in [0.717, 1.165) is 142 Å². The lowest BCUT2D eigenvalue weighted by molar-refractivity contribution is -0.124. The standard InChI is InChI=1S/C21H14Cl2N4O.C21H18Cl2N4S.C21H18N4O.C19H12Cl2N4OS.C17H13Cl2N5O2/c22-17-8-7-16(10-18(17)23)27-20(13-3-5-14(6-4-13)21(24)28)11-19(26-27)15-2-1-9-25-12-15;1-2-8-24-21-6-3-14(12-25-21)19-11-20(15-7-9-28-13-15)27(26-19)16-4-5-17(22)18(23)10-16;1-15-3-7-17(8-4-15)25-21(16-5-9-18(26-2)10-6-16)13-20(24-25)19-11-12-22-14-23-19;20-13-4-3-12(8-14(13)21)25-16(17-5-6-18(27-17)19(22)26)9-15(24-25)11-2-1-7-23-10-11;18-12-4-3-11(6-13(12)19)24-16(22-17(26)8-15(20)25)7-14(23-24)10-2-1-5-21-9-10/h1-12H,(H2,24,28);3-7,9-13H,2,8H2,1H3,(H,24,25);3-14H,1-2H3;1-10H,(H2,22,26);1-7,9H,8H2,(H2,20,25)(H,22,26). The van der Waals surface area contributed by atoms with E-state index in [0.29, 0.717) is 67.8 Å². The fourth-order valence-electron chi connectivity index (χ4n) is 13.4. The van der Waals surface area contributed by atoms with Crippen LogP contribution in [0.1, 0.15) is 45.4 Å². The molecule has 0 saturated carbocycles. The number of methoxy groups -OCH3 is 1. The zero-order valence-electron chi connectivity index (χ0n) is 71.4. The number of carbonyl (C=O) groups excluding carboxylic acids is 4. The van der Waals surface area contributed by atoms with Gasteiger partial charge in [0.2, 0.25) is 17.7 Å². The second kappa shape index (κ2) is 44.3. The van der Waals surface area contributed by atoms with Crippen molar-refractivity contribution in [3.63, 3.8) is 0 Å². The highest BCUT2D eigenvalue weighted by atomic mass is 35.5. The molecule has 0 fully saturated rings. The first-order valence-electron chi connectivity index (χ1n) is 41.0. The number of nitrogens with two attached hydrogens (primary N) is 3. The molecule has 19 aromatic rings. The van der Waals surface area contributed by atoms with Gasteiger partial charge in [-0.2, -0.15) is 36.8 Å². The Morgan fingerprint density at radius 3 is 1.29 bits per heavy atom. The minimum Gasteiger partial charge on any atom is -0.497 e. The predicted octanol–water partition coefficient (Wildman–Crippen LogP) is 24.2. The highest BCUT2D eigenvalue weighted by molar-refractivity contribution is 7.17. The molecule has 0 spiro atoms. The number of aromatic nitrogens is 16. The first-order chi connectivity index (χ1) is 65.4. The number of carbonyl (C=O) groups is 4. The molecule has 4 amide bonds. The molecule has 0 atom stereocenters. The molecule has 12 aromatic heterocycles. The number of ether oxygens (including phenoxy) is 1. The summed E-state index contributed by atoms with van der Waals surface area (Å²) in [7, 11) is 1.67. The lowest BCUT2D eigenvalue weighted by Gasteiger charge is -2.09. The van der Waals surface area contributed by atoms with Crippen molar-refractivity contribution >= 4 is 151 Å². The topological polar surface area (TPSA) is 346 Å². The minimum atomic E-state index is -0.726. The fourth-order valence-corrected chi connectivity index (χ4v) is 16.1. The molecule has 0 saturated heterocycles. The molecule has 0 aliphatic heterocycles. The average molecular weight is 1990 g/mol. The molecule has 0 radical (unpaired) electrons. The maximum absolute atomic E-state index is 12.0. The van der Waals surface area contributed by atoms with Crippen LogP contribution in [0.3, 0.4) is 0 Å². The number of aryl methyl sites for hydroxylation is 1. The normalized spacial score (nSPS) is 10.8. The molecule has 7 aromatic carbocycles. The SMILES string of the molecule is CCCNc1ccc(-c2cc(-c3ccsc3)n(-c3ccc(Cl)c(Cl)c3)n2)cn1.COc1ccc(-c2cc(-c3ccncn3)nn2-c2ccc(C)cc2)cc1.NC(=O)CC(=O)Nc1cc(-c2cccnc2)nn1-c1ccc(Cl)c(Cl)c1.NC(=O)c1ccc(-c2cc(-c3cccnc3)nn2-c2ccc(Cl)c(Cl)c2)cc1.NC(=O)c1ccc(-c2cc(-c3cccnc3)nn2-c2ccc(Cl)c(Cl)c2)s1. The largest absolute Gasteiger partial charge is 0.497 e. The number of pyridine rings is 4. The molecule has 0 unspecified atom stereocenters. The number of halogens is 8. The Morgan fingerprint density at radius 2 is 0.852 bits per heavy atom. The van der Waals surface area contributed by atoms with E-state index < -0.39 is 30.0 Å². The van der Waals surface area contributed by atoms with E-state index in [9.17, 15) is 19.2 Å². The zero-order valence-corrected chi connectivity index (χ0v) is 79.1. The fraction of sp³-hybridized carbons (Fsp3) is 0.0606. The number of hydrogen-bond acceptors (Lipinski definition) is 19. The van der Waals surface area contributed by atoms with Crippen LogP contribution < -0.4 is 32.6 Å². The number of thiophene rings is 2. The molecule has 8 N–H and O–H groups in total. The van der Waals surface area contributed by atoms with Gasteiger partial charge in [-0.05, 0) is 237 Å². The highest BCUT2D eigenvalue weighted by Crippen LogP contribution is 2.40. The second-order valence-electron chi connectivity index (χ2n) is 29.4. The van der Waals surface area contributed by atoms with Gasteiger partial charge >= 0.3 is 0 Å². The molecular weight excluding hydrogens is 1910 g/mol. The lowest BCUT2D eigenvalue weighted by atomic mass is 10.1. The molecule has 36 heteroatoms. The Morgan fingerprint density at radius 1 is 0.400 bits per heavy atom. The van der Waals surface area contributed by atoms with Crippen LogP contribution in [-0.4, -0.2) is 116 Å². The van der Waals surface area contributed by atoms with Gasteiger partial charge in [0.25, 0.3) is 5.91 Å². The van der Waals surface area contributed by atoms with Crippen molar-refractivity contribution < 1.29 is 23.9 Å². The van der Waals surface area contributed by atoms with Crippen molar-refractivity contribution in [3.8, 4) is 135 Å². The number of rotatable bonds is 23. The summed E-state index contributed by atoms with van der Waals surface area (Å²) >= 11 is 51.8. The van der Waals surface area contributed by atoms with Gasteiger partial charge in [-0.3, -0.25) is 34.1 Å². The molecule has 0 aliphatic carbocycles. The van der Waals surface area contributed by atoms with Gasteiger partial charge in [-0.25, -0.2) is 38.4 Å². The van der Waals surface area contributed by atoms with E-state index in [1.807, 2.05) is 149 Å². The molecular formula is C99H75Cl8N21O5S2. The first kappa shape index (κ1) is 95.1. The van der Waals surface area contributed by atoms with E-state index in [1.165, 1.54) is 27.9 Å². The molecule has 0 aliphatic rings.